The number of ether oxygens (including phenoxy) is 1. The zero-order chi connectivity index (χ0) is 20.3. The molecule has 0 heterocycles. The van der Waals surface area contributed by atoms with Gasteiger partial charge in [-0.1, -0.05) is 125 Å². The maximum Gasteiger partial charge on any atom is 0.0518 e. The van der Waals surface area contributed by atoms with Crippen LogP contribution in [0.2, 0.25) is 0 Å². The Hall–Kier alpha value is -1.86. The third-order valence-electron chi connectivity index (χ3n) is 4.52. The first-order valence-corrected chi connectivity index (χ1v) is 11.1. The van der Waals surface area contributed by atoms with Gasteiger partial charge >= 0.3 is 0 Å². The number of hydrogen-bond acceptors (Lipinski definition) is 1. The first kappa shape index (κ1) is 24.2. The van der Waals surface area contributed by atoms with Crippen molar-refractivity contribution in [2.24, 2.45) is 0 Å². The zero-order valence-corrected chi connectivity index (χ0v) is 18.3. The molecule has 0 radical (unpaired) electrons. The molecule has 2 rings (SSSR count). The molecular formula is C27H40O. The van der Waals surface area contributed by atoms with Gasteiger partial charge in [-0.15, -0.1) is 0 Å². The van der Waals surface area contributed by atoms with E-state index in [0.717, 1.165) is 6.61 Å². The van der Waals surface area contributed by atoms with Crippen molar-refractivity contribution in [3.63, 3.8) is 0 Å². The van der Waals surface area contributed by atoms with Gasteiger partial charge in [-0.2, -0.15) is 0 Å². The molecule has 0 saturated heterocycles. The summed E-state index contributed by atoms with van der Waals surface area (Å²) in [5.41, 5.74) is 2.47. The van der Waals surface area contributed by atoms with E-state index in [-0.39, 0.29) is 0 Å². The van der Waals surface area contributed by atoms with E-state index >= 15 is 0 Å². The summed E-state index contributed by atoms with van der Waals surface area (Å²) < 4.78 is 5.49. The molecule has 0 spiro atoms. The minimum atomic E-state index is 0.402. The lowest BCUT2D eigenvalue weighted by molar-refractivity contribution is 0.0757. The van der Waals surface area contributed by atoms with Crippen molar-refractivity contribution in [3.8, 4) is 0 Å². The van der Waals surface area contributed by atoms with Crippen molar-refractivity contribution >= 4 is 12.2 Å². The van der Waals surface area contributed by atoms with Crippen LogP contribution in [-0.4, -0.2) is 12.7 Å². The lowest BCUT2D eigenvalue weighted by atomic mass is 10.1. The van der Waals surface area contributed by atoms with Crippen molar-refractivity contribution in [2.45, 2.75) is 78.2 Å². The number of unbranched alkanes of at least 4 members (excludes halogenated alkanes) is 7. The lowest BCUT2D eigenvalue weighted by Gasteiger charge is -2.06. The van der Waals surface area contributed by atoms with Gasteiger partial charge in [-0.3, -0.25) is 0 Å². The van der Waals surface area contributed by atoms with Gasteiger partial charge in [-0.25, -0.2) is 0 Å². The molecule has 0 aliphatic rings. The van der Waals surface area contributed by atoms with E-state index in [0.29, 0.717) is 6.10 Å². The van der Waals surface area contributed by atoms with Crippen LogP contribution in [-0.2, 0) is 4.74 Å². The minimum Gasteiger partial charge on any atom is -0.379 e. The fourth-order valence-corrected chi connectivity index (χ4v) is 2.88. The maximum atomic E-state index is 5.49. The van der Waals surface area contributed by atoms with Crippen LogP contribution in [0.1, 0.15) is 83.3 Å². The van der Waals surface area contributed by atoms with E-state index in [4.69, 9.17) is 4.74 Å². The second kappa shape index (κ2) is 17.3. The monoisotopic (exact) mass is 380 g/mol. The van der Waals surface area contributed by atoms with E-state index < -0.39 is 0 Å². The summed E-state index contributed by atoms with van der Waals surface area (Å²) in [7, 11) is 0. The van der Waals surface area contributed by atoms with Crippen molar-refractivity contribution in [3.05, 3.63) is 71.8 Å². The second-order valence-corrected chi connectivity index (χ2v) is 7.55. The van der Waals surface area contributed by atoms with E-state index in [1.165, 1.54) is 62.5 Å². The van der Waals surface area contributed by atoms with E-state index in [9.17, 15) is 0 Å². The first-order chi connectivity index (χ1) is 13.7. The average molecular weight is 381 g/mol. The molecule has 0 atom stereocenters. The van der Waals surface area contributed by atoms with Gasteiger partial charge in [-0.05, 0) is 31.4 Å². The number of rotatable bonds is 12. The fourth-order valence-electron chi connectivity index (χ4n) is 2.88. The molecule has 154 valence electrons. The van der Waals surface area contributed by atoms with Gasteiger partial charge in [0.05, 0.1) is 6.10 Å². The van der Waals surface area contributed by atoms with Crippen LogP contribution < -0.4 is 0 Å². The largest absolute Gasteiger partial charge is 0.379 e. The molecular weight excluding hydrogens is 340 g/mol. The molecule has 2 aromatic rings. The third kappa shape index (κ3) is 14.2. The molecule has 2 aromatic carbocycles. The van der Waals surface area contributed by atoms with Crippen LogP contribution in [0.3, 0.4) is 0 Å². The van der Waals surface area contributed by atoms with E-state index in [1.54, 1.807) is 0 Å². The molecule has 0 saturated carbocycles. The average Bonchev–Trinajstić information content (AvgIpc) is 2.73. The summed E-state index contributed by atoms with van der Waals surface area (Å²) in [5, 5.41) is 0. The zero-order valence-electron chi connectivity index (χ0n) is 18.3. The summed E-state index contributed by atoms with van der Waals surface area (Å²) in [6.45, 7) is 7.42. The topological polar surface area (TPSA) is 9.23 Å². The SMILES string of the molecule is C(=Cc1ccccc1)c1ccccc1.CCCCCCCCCCOC(C)C. The van der Waals surface area contributed by atoms with Crippen LogP contribution in [0.5, 0.6) is 0 Å². The van der Waals surface area contributed by atoms with Gasteiger partial charge in [0, 0.05) is 6.61 Å². The van der Waals surface area contributed by atoms with Crippen LogP contribution in [0.25, 0.3) is 12.2 Å². The van der Waals surface area contributed by atoms with Gasteiger partial charge in [0.25, 0.3) is 0 Å². The van der Waals surface area contributed by atoms with Gasteiger partial charge in [0.2, 0.25) is 0 Å². The smallest absolute Gasteiger partial charge is 0.0518 e. The summed E-state index contributed by atoms with van der Waals surface area (Å²) in [4.78, 5) is 0. The molecule has 0 bridgehead atoms. The summed E-state index contributed by atoms with van der Waals surface area (Å²) >= 11 is 0. The van der Waals surface area contributed by atoms with Crippen LogP contribution >= 0.6 is 0 Å². The standard InChI is InChI=1S/C14H12.C13H28O/c1-3-7-13(8-4-1)11-12-14-9-5-2-6-10-14;1-4-5-6-7-8-9-10-11-12-14-13(2)3/h1-12H;13H,4-12H2,1-3H3. The van der Waals surface area contributed by atoms with Crippen molar-refractivity contribution in [1.29, 1.82) is 0 Å². The number of hydrogen-bond donors (Lipinski definition) is 0. The normalized spacial score (nSPS) is 10.9. The Bertz CT molecular complexity index is 545. The quantitative estimate of drug-likeness (QED) is 0.265. The molecule has 1 heteroatoms. The number of benzene rings is 2. The molecule has 0 aromatic heterocycles. The molecule has 0 N–H and O–H groups in total. The highest BCUT2D eigenvalue weighted by molar-refractivity contribution is 5.69. The van der Waals surface area contributed by atoms with Gasteiger partial charge in [0.15, 0.2) is 0 Å². The Morgan fingerprint density at radius 3 is 1.50 bits per heavy atom. The van der Waals surface area contributed by atoms with Crippen molar-refractivity contribution in [2.75, 3.05) is 6.61 Å². The highest BCUT2D eigenvalue weighted by atomic mass is 16.5. The minimum absolute atomic E-state index is 0.402. The van der Waals surface area contributed by atoms with Crippen LogP contribution in [0.15, 0.2) is 60.7 Å². The molecule has 1 nitrogen and oxygen atoms in total. The summed E-state index contributed by atoms with van der Waals surface area (Å²) in [6.07, 6.45) is 15.7. The Morgan fingerprint density at radius 1 is 0.643 bits per heavy atom. The molecule has 0 aliphatic carbocycles. The molecule has 0 aliphatic heterocycles. The van der Waals surface area contributed by atoms with Gasteiger partial charge < -0.3 is 4.74 Å². The van der Waals surface area contributed by atoms with Crippen LogP contribution in [0.4, 0.5) is 0 Å². The maximum absolute atomic E-state index is 5.49. The van der Waals surface area contributed by atoms with Crippen molar-refractivity contribution in [1.82, 2.24) is 0 Å². The Balaban J connectivity index is 0.000000280. The first-order valence-electron chi connectivity index (χ1n) is 11.1. The fraction of sp³-hybridized carbons (Fsp3) is 0.481. The summed E-state index contributed by atoms with van der Waals surface area (Å²) in [6, 6.07) is 20.6. The molecule has 0 unspecified atom stereocenters. The van der Waals surface area contributed by atoms with E-state index in [1.807, 2.05) is 36.4 Å². The third-order valence-corrected chi connectivity index (χ3v) is 4.52. The Morgan fingerprint density at radius 2 is 1.07 bits per heavy atom. The predicted molar refractivity (Wildman–Crippen MR) is 126 cm³/mol. The van der Waals surface area contributed by atoms with Crippen LogP contribution in [0, 0.1) is 0 Å². The molecule has 0 fully saturated rings. The Kier molecular flexibility index (Phi) is 14.9. The van der Waals surface area contributed by atoms with E-state index in [2.05, 4.69) is 57.2 Å². The van der Waals surface area contributed by atoms with Crippen molar-refractivity contribution < 1.29 is 4.74 Å². The van der Waals surface area contributed by atoms with Gasteiger partial charge in [0.1, 0.15) is 0 Å². The highest BCUT2D eigenvalue weighted by Gasteiger charge is 1.94. The summed E-state index contributed by atoms with van der Waals surface area (Å²) in [5.74, 6) is 0. The highest BCUT2D eigenvalue weighted by Crippen LogP contribution is 2.09. The molecule has 0 amide bonds. The lowest BCUT2D eigenvalue weighted by Crippen LogP contribution is -2.03. The Labute approximate surface area is 173 Å². The second-order valence-electron chi connectivity index (χ2n) is 7.55. The predicted octanol–water partition coefficient (Wildman–Crippen LogP) is 8.41. The molecule has 28 heavy (non-hydrogen) atoms.